The highest BCUT2D eigenvalue weighted by Gasteiger charge is 2.29. The van der Waals surface area contributed by atoms with E-state index >= 15 is 0 Å². The van der Waals surface area contributed by atoms with Gasteiger partial charge in [0.2, 0.25) is 15.9 Å². The van der Waals surface area contributed by atoms with E-state index in [1.807, 2.05) is 24.3 Å². The molecule has 0 radical (unpaired) electrons. The number of nitrogens with zero attached hydrogens (tertiary/aromatic N) is 2. The first-order chi connectivity index (χ1) is 17.7. The SMILES string of the molecule is COc1ccccc1N1CCN(S(=O)(=O)c2ccc(NC(=O)CCS(=O)(=O)c3ccccc3)cc2)CC1. The molecule has 196 valence electrons. The van der Waals surface area contributed by atoms with E-state index in [0.29, 0.717) is 31.9 Å². The Kier molecular flexibility index (Phi) is 8.16. The van der Waals surface area contributed by atoms with Crippen molar-refractivity contribution in [3.8, 4) is 5.75 Å². The minimum atomic E-state index is -3.71. The molecule has 1 saturated heterocycles. The number of hydrogen-bond donors (Lipinski definition) is 1. The van der Waals surface area contributed by atoms with Crippen LogP contribution in [0, 0.1) is 0 Å². The average molecular weight is 544 g/mol. The lowest BCUT2D eigenvalue weighted by Gasteiger charge is -2.35. The zero-order chi connectivity index (χ0) is 26.5. The summed E-state index contributed by atoms with van der Waals surface area (Å²) in [6.45, 7) is 1.71. The molecule has 11 heteroatoms. The van der Waals surface area contributed by atoms with E-state index in [9.17, 15) is 21.6 Å². The van der Waals surface area contributed by atoms with Gasteiger partial charge >= 0.3 is 0 Å². The van der Waals surface area contributed by atoms with Gasteiger partial charge in [-0.25, -0.2) is 16.8 Å². The molecule has 0 saturated carbocycles. The van der Waals surface area contributed by atoms with Gasteiger partial charge in [-0.1, -0.05) is 30.3 Å². The molecule has 1 N–H and O–H groups in total. The summed E-state index contributed by atoms with van der Waals surface area (Å²) in [6, 6.07) is 21.5. The summed E-state index contributed by atoms with van der Waals surface area (Å²) in [7, 11) is -5.66. The van der Waals surface area contributed by atoms with E-state index in [-0.39, 0.29) is 22.0 Å². The number of para-hydroxylation sites is 2. The van der Waals surface area contributed by atoms with Crippen molar-refractivity contribution in [2.24, 2.45) is 0 Å². The van der Waals surface area contributed by atoms with Crippen LogP contribution in [-0.4, -0.2) is 66.1 Å². The highest BCUT2D eigenvalue weighted by atomic mass is 32.2. The number of sulfone groups is 1. The standard InChI is InChI=1S/C26H29N3O6S2/c1-35-25-10-6-5-9-24(25)28-16-18-29(19-17-28)37(33,34)23-13-11-21(12-14-23)27-26(30)15-20-36(31,32)22-7-3-2-4-8-22/h2-14H,15-20H2,1H3,(H,27,30). The molecule has 0 aromatic heterocycles. The predicted molar refractivity (Wildman–Crippen MR) is 142 cm³/mol. The largest absolute Gasteiger partial charge is 0.495 e. The molecule has 0 unspecified atom stereocenters. The van der Waals surface area contributed by atoms with Gasteiger partial charge in [0, 0.05) is 38.3 Å². The Morgan fingerprint density at radius 1 is 0.811 bits per heavy atom. The molecule has 0 aliphatic carbocycles. The molecule has 1 fully saturated rings. The first kappa shape index (κ1) is 26.6. The number of benzene rings is 3. The third-order valence-electron chi connectivity index (χ3n) is 6.14. The molecule has 0 bridgehead atoms. The molecule has 3 aromatic carbocycles. The van der Waals surface area contributed by atoms with Crippen LogP contribution in [-0.2, 0) is 24.7 Å². The first-order valence-corrected chi connectivity index (χ1v) is 14.9. The Balaban J connectivity index is 1.33. The van der Waals surface area contributed by atoms with E-state index in [1.165, 1.54) is 40.7 Å². The Morgan fingerprint density at radius 3 is 2.08 bits per heavy atom. The zero-order valence-corrected chi connectivity index (χ0v) is 22.0. The van der Waals surface area contributed by atoms with E-state index < -0.39 is 25.8 Å². The maximum absolute atomic E-state index is 13.2. The van der Waals surface area contributed by atoms with Crippen LogP contribution in [0.3, 0.4) is 0 Å². The third-order valence-corrected chi connectivity index (χ3v) is 9.79. The van der Waals surface area contributed by atoms with Crippen molar-refractivity contribution in [3.63, 3.8) is 0 Å². The average Bonchev–Trinajstić information content (AvgIpc) is 2.93. The summed E-state index contributed by atoms with van der Waals surface area (Å²) in [6.07, 6.45) is -0.215. The first-order valence-electron chi connectivity index (χ1n) is 11.8. The summed E-state index contributed by atoms with van der Waals surface area (Å²) in [5.74, 6) is -0.0486. The smallest absolute Gasteiger partial charge is 0.243 e. The Labute approximate surface area is 217 Å². The van der Waals surface area contributed by atoms with Gasteiger partial charge in [0.25, 0.3) is 0 Å². The summed E-state index contributed by atoms with van der Waals surface area (Å²) in [5, 5.41) is 2.63. The lowest BCUT2D eigenvalue weighted by Crippen LogP contribution is -2.48. The molecule has 0 spiro atoms. The molecule has 3 aromatic rings. The second-order valence-electron chi connectivity index (χ2n) is 8.52. The third kappa shape index (κ3) is 6.30. The van der Waals surface area contributed by atoms with Crippen molar-refractivity contribution < 1.29 is 26.4 Å². The Morgan fingerprint density at radius 2 is 1.43 bits per heavy atom. The predicted octanol–water partition coefficient (Wildman–Crippen LogP) is 3.01. The van der Waals surface area contributed by atoms with Crippen molar-refractivity contribution in [1.82, 2.24) is 4.31 Å². The van der Waals surface area contributed by atoms with Crippen LogP contribution in [0.1, 0.15) is 6.42 Å². The van der Waals surface area contributed by atoms with E-state index in [4.69, 9.17) is 4.74 Å². The van der Waals surface area contributed by atoms with Gasteiger partial charge in [-0.3, -0.25) is 4.79 Å². The van der Waals surface area contributed by atoms with Crippen LogP contribution in [0.25, 0.3) is 0 Å². The zero-order valence-electron chi connectivity index (χ0n) is 20.4. The van der Waals surface area contributed by atoms with Crippen LogP contribution in [0.4, 0.5) is 11.4 Å². The molecule has 1 aliphatic rings. The van der Waals surface area contributed by atoms with Crippen molar-refractivity contribution in [3.05, 3.63) is 78.9 Å². The van der Waals surface area contributed by atoms with Crippen molar-refractivity contribution in [2.75, 3.05) is 49.3 Å². The summed E-state index contributed by atoms with van der Waals surface area (Å²) < 4.78 is 57.9. The minimum Gasteiger partial charge on any atom is -0.495 e. The van der Waals surface area contributed by atoms with E-state index in [1.54, 1.807) is 25.3 Å². The quantitative estimate of drug-likeness (QED) is 0.441. The fraction of sp³-hybridized carbons (Fsp3) is 0.269. The van der Waals surface area contributed by atoms with Crippen molar-refractivity contribution in [1.29, 1.82) is 0 Å². The number of piperazine rings is 1. The molecular weight excluding hydrogens is 514 g/mol. The molecule has 1 amide bonds. The van der Waals surface area contributed by atoms with Crippen LogP contribution in [0.15, 0.2) is 88.7 Å². The second-order valence-corrected chi connectivity index (χ2v) is 12.6. The topological polar surface area (TPSA) is 113 Å². The maximum atomic E-state index is 13.2. The van der Waals surface area contributed by atoms with Crippen LogP contribution < -0.4 is 15.0 Å². The second kappa shape index (κ2) is 11.3. The summed E-state index contributed by atoms with van der Waals surface area (Å²) in [4.78, 5) is 14.7. The minimum absolute atomic E-state index is 0.128. The number of carbonyl (C=O) groups is 1. The normalized spacial score (nSPS) is 14.8. The fourth-order valence-electron chi connectivity index (χ4n) is 4.12. The number of ether oxygens (including phenoxy) is 1. The summed E-state index contributed by atoms with van der Waals surface area (Å²) in [5.41, 5.74) is 1.32. The molecule has 37 heavy (non-hydrogen) atoms. The lowest BCUT2D eigenvalue weighted by molar-refractivity contribution is -0.115. The van der Waals surface area contributed by atoms with Gasteiger partial charge < -0.3 is 15.0 Å². The fourth-order valence-corrected chi connectivity index (χ4v) is 6.80. The van der Waals surface area contributed by atoms with Gasteiger partial charge in [-0.15, -0.1) is 0 Å². The number of nitrogens with one attached hydrogen (secondary N) is 1. The number of rotatable bonds is 9. The number of hydrogen-bond acceptors (Lipinski definition) is 7. The van der Waals surface area contributed by atoms with Crippen LogP contribution >= 0.6 is 0 Å². The molecule has 4 rings (SSSR count). The summed E-state index contributed by atoms with van der Waals surface area (Å²) >= 11 is 0. The van der Waals surface area contributed by atoms with Gasteiger partial charge in [0.15, 0.2) is 9.84 Å². The number of amides is 1. The number of carbonyl (C=O) groups excluding carboxylic acids is 1. The van der Waals surface area contributed by atoms with Gasteiger partial charge in [0.1, 0.15) is 5.75 Å². The van der Waals surface area contributed by atoms with E-state index in [2.05, 4.69) is 10.2 Å². The molecule has 0 atom stereocenters. The molecule has 9 nitrogen and oxygen atoms in total. The molecule has 1 heterocycles. The van der Waals surface area contributed by atoms with Gasteiger partial charge in [0.05, 0.1) is 28.3 Å². The molecular formula is C26H29N3O6S2. The van der Waals surface area contributed by atoms with E-state index in [0.717, 1.165) is 11.4 Å². The van der Waals surface area contributed by atoms with Crippen molar-refractivity contribution >= 4 is 37.1 Å². The Bertz CT molecular complexity index is 1440. The molecule has 1 aliphatic heterocycles. The monoisotopic (exact) mass is 543 g/mol. The lowest BCUT2D eigenvalue weighted by atomic mass is 10.2. The Hall–Kier alpha value is -3.41. The number of anilines is 2. The highest BCUT2D eigenvalue weighted by Crippen LogP contribution is 2.29. The maximum Gasteiger partial charge on any atom is 0.243 e. The highest BCUT2D eigenvalue weighted by molar-refractivity contribution is 7.91. The van der Waals surface area contributed by atoms with Crippen LogP contribution in [0.5, 0.6) is 5.75 Å². The van der Waals surface area contributed by atoms with Crippen molar-refractivity contribution in [2.45, 2.75) is 16.2 Å². The number of sulfonamides is 1. The van der Waals surface area contributed by atoms with Crippen LogP contribution in [0.2, 0.25) is 0 Å². The number of methoxy groups -OCH3 is 1. The van der Waals surface area contributed by atoms with Gasteiger partial charge in [-0.05, 0) is 48.5 Å². The van der Waals surface area contributed by atoms with Gasteiger partial charge in [-0.2, -0.15) is 4.31 Å².